The van der Waals surface area contributed by atoms with Gasteiger partial charge < -0.3 is 30.4 Å². The number of fused-ring (bicyclic) bond motifs is 2. The van der Waals surface area contributed by atoms with Gasteiger partial charge in [-0.05, 0) is 42.7 Å². The Kier molecular flexibility index (Phi) is 6.68. The summed E-state index contributed by atoms with van der Waals surface area (Å²) in [5, 5.41) is 18.7. The number of amides is 3. The second-order valence-corrected chi connectivity index (χ2v) is 9.23. The Balaban J connectivity index is 1.37. The monoisotopic (exact) mass is 501 g/mol. The minimum atomic E-state index is -1.08. The van der Waals surface area contributed by atoms with Crippen LogP contribution in [0.1, 0.15) is 28.9 Å². The topological polar surface area (TPSA) is 145 Å². The van der Waals surface area contributed by atoms with Gasteiger partial charge in [0.25, 0.3) is 5.91 Å². The number of nitrogens with zero attached hydrogens (tertiary/aromatic N) is 1. The van der Waals surface area contributed by atoms with E-state index < -0.39 is 30.0 Å². The van der Waals surface area contributed by atoms with Crippen molar-refractivity contribution in [3.05, 3.63) is 59.8 Å². The highest BCUT2D eigenvalue weighted by molar-refractivity contribution is 6.01. The fourth-order valence-corrected chi connectivity index (χ4v) is 4.93. The largest absolute Gasteiger partial charge is 0.496 e. The minimum absolute atomic E-state index is 0.122. The van der Waals surface area contributed by atoms with Crippen LogP contribution in [-0.2, 0) is 16.0 Å². The first-order valence-electron chi connectivity index (χ1n) is 12.2. The van der Waals surface area contributed by atoms with E-state index in [9.17, 15) is 19.6 Å². The Hall–Kier alpha value is -4.52. The van der Waals surface area contributed by atoms with E-state index >= 15 is 0 Å². The third-order valence-corrected chi connectivity index (χ3v) is 6.86. The van der Waals surface area contributed by atoms with Crippen molar-refractivity contribution in [3.8, 4) is 17.6 Å². The molecule has 10 heteroatoms. The van der Waals surface area contributed by atoms with Crippen LogP contribution in [0.15, 0.2) is 48.5 Å². The van der Waals surface area contributed by atoms with Crippen LogP contribution in [0.5, 0.6) is 11.5 Å². The zero-order valence-electron chi connectivity index (χ0n) is 20.2. The lowest BCUT2D eigenvalue weighted by Crippen LogP contribution is -2.56. The van der Waals surface area contributed by atoms with Crippen LogP contribution < -0.4 is 25.4 Å². The fraction of sp³-hybridized carbons (Fsp3) is 0.333. The highest BCUT2D eigenvalue weighted by Crippen LogP contribution is 2.30. The van der Waals surface area contributed by atoms with Crippen LogP contribution in [0.4, 0.5) is 0 Å². The molecule has 2 aliphatic rings. The number of H-pyrrole nitrogens is 1. The molecule has 0 radical (unpaired) electrons. The molecule has 190 valence electrons. The molecule has 0 bridgehead atoms. The number of rotatable bonds is 8. The molecular weight excluding hydrogens is 474 g/mol. The summed E-state index contributed by atoms with van der Waals surface area (Å²) in [6.07, 6.45) is 0.548. The molecule has 37 heavy (non-hydrogen) atoms. The minimum Gasteiger partial charge on any atom is -0.496 e. The summed E-state index contributed by atoms with van der Waals surface area (Å²) in [5.74, 6) is -0.250. The summed E-state index contributed by atoms with van der Waals surface area (Å²) in [4.78, 5) is 41.8. The predicted molar refractivity (Wildman–Crippen MR) is 134 cm³/mol. The number of nitriles is 1. The first kappa shape index (κ1) is 24.2. The molecule has 2 aliphatic heterocycles. The lowest BCUT2D eigenvalue weighted by Gasteiger charge is -2.25. The van der Waals surface area contributed by atoms with Gasteiger partial charge in [-0.2, -0.15) is 5.26 Å². The summed E-state index contributed by atoms with van der Waals surface area (Å²) >= 11 is 0. The number of hydrogen-bond donors (Lipinski definition) is 4. The van der Waals surface area contributed by atoms with E-state index in [2.05, 4.69) is 27.0 Å². The van der Waals surface area contributed by atoms with Gasteiger partial charge in [0.15, 0.2) is 0 Å². The number of benzene rings is 2. The SMILES string of the molecule is COc1cccc2[nH]c(C(=O)N[C@H](C(=O)N[C@H](C#N)C[C@@H]3CCNC3=O)C3Cc4ccccc4O3)cc12. The molecule has 3 aromatic rings. The Bertz CT molecular complexity index is 1370. The van der Waals surface area contributed by atoms with Crippen LogP contribution in [0.2, 0.25) is 0 Å². The van der Waals surface area contributed by atoms with E-state index in [1.165, 1.54) is 0 Å². The zero-order chi connectivity index (χ0) is 25.9. The van der Waals surface area contributed by atoms with Crippen LogP contribution in [-0.4, -0.2) is 54.5 Å². The summed E-state index contributed by atoms with van der Waals surface area (Å²) in [6.45, 7) is 0.553. The Morgan fingerprint density at radius 1 is 1.22 bits per heavy atom. The third-order valence-electron chi connectivity index (χ3n) is 6.86. The van der Waals surface area contributed by atoms with Crippen molar-refractivity contribution in [2.75, 3.05) is 13.7 Å². The molecule has 3 heterocycles. The lowest BCUT2D eigenvalue weighted by molar-refractivity contribution is -0.126. The number of aromatic nitrogens is 1. The van der Waals surface area contributed by atoms with Gasteiger partial charge in [0, 0.05) is 29.8 Å². The third kappa shape index (κ3) is 4.93. The first-order chi connectivity index (χ1) is 18.0. The molecule has 5 rings (SSSR count). The fourth-order valence-electron chi connectivity index (χ4n) is 4.93. The van der Waals surface area contributed by atoms with Crippen molar-refractivity contribution < 1.29 is 23.9 Å². The second-order valence-electron chi connectivity index (χ2n) is 9.23. The normalized spacial score (nSPS) is 19.7. The highest BCUT2D eigenvalue weighted by atomic mass is 16.5. The molecule has 2 aromatic carbocycles. The zero-order valence-corrected chi connectivity index (χ0v) is 20.2. The average Bonchev–Trinajstić information content (AvgIpc) is 3.64. The van der Waals surface area contributed by atoms with E-state index in [1.807, 2.05) is 36.4 Å². The molecule has 0 spiro atoms. The smallest absolute Gasteiger partial charge is 0.268 e. The van der Waals surface area contributed by atoms with E-state index in [1.54, 1.807) is 19.2 Å². The molecule has 4 N–H and O–H groups in total. The molecule has 10 nitrogen and oxygen atoms in total. The maximum atomic E-state index is 13.5. The van der Waals surface area contributed by atoms with E-state index in [4.69, 9.17) is 9.47 Å². The maximum Gasteiger partial charge on any atom is 0.268 e. The average molecular weight is 502 g/mol. The standard InChI is InChI=1S/C27H27N5O5/c1-36-22-8-4-6-19-18(22)13-20(31-19)26(34)32-24(23-12-15-5-2-3-7-21(15)37-23)27(35)30-17(14-28)11-16-9-10-29-25(16)33/h2-8,13,16-17,23-24,31H,9-12H2,1H3,(H,29,33)(H,30,35)(H,32,34)/t16-,17-,23?,24-/m0/s1. The van der Waals surface area contributed by atoms with Crippen molar-refractivity contribution in [1.29, 1.82) is 5.26 Å². The van der Waals surface area contributed by atoms with Crippen LogP contribution in [0.3, 0.4) is 0 Å². The van der Waals surface area contributed by atoms with Gasteiger partial charge >= 0.3 is 0 Å². The van der Waals surface area contributed by atoms with E-state index in [0.29, 0.717) is 30.9 Å². The van der Waals surface area contributed by atoms with Crippen molar-refractivity contribution in [2.24, 2.45) is 5.92 Å². The Labute approximate surface area is 213 Å². The number of nitrogens with one attached hydrogen (secondary N) is 4. The molecule has 4 atom stereocenters. The number of ether oxygens (including phenoxy) is 2. The molecular formula is C27H27N5O5. The number of carbonyl (C=O) groups excluding carboxylic acids is 3. The summed E-state index contributed by atoms with van der Waals surface area (Å²) in [6, 6.07) is 14.6. The number of para-hydroxylation sites is 1. The van der Waals surface area contributed by atoms with Gasteiger partial charge in [-0.1, -0.05) is 24.3 Å². The van der Waals surface area contributed by atoms with Gasteiger partial charge in [-0.25, -0.2) is 0 Å². The van der Waals surface area contributed by atoms with Gasteiger partial charge in [-0.3, -0.25) is 14.4 Å². The predicted octanol–water partition coefficient (Wildman–Crippen LogP) is 1.81. The number of carbonyl (C=O) groups is 3. The quantitative estimate of drug-likeness (QED) is 0.370. The van der Waals surface area contributed by atoms with Crippen LogP contribution in [0, 0.1) is 17.2 Å². The number of aromatic amines is 1. The Morgan fingerprint density at radius 2 is 2.05 bits per heavy atom. The van der Waals surface area contributed by atoms with Gasteiger partial charge in [-0.15, -0.1) is 0 Å². The van der Waals surface area contributed by atoms with Gasteiger partial charge in [0.05, 0.1) is 13.2 Å². The maximum absolute atomic E-state index is 13.5. The lowest BCUT2D eigenvalue weighted by atomic mass is 9.98. The molecule has 1 unspecified atom stereocenters. The molecule has 1 fully saturated rings. The highest BCUT2D eigenvalue weighted by Gasteiger charge is 2.38. The van der Waals surface area contributed by atoms with Crippen molar-refractivity contribution in [3.63, 3.8) is 0 Å². The summed E-state index contributed by atoms with van der Waals surface area (Å²) < 4.78 is 11.4. The molecule has 0 aliphatic carbocycles. The van der Waals surface area contributed by atoms with Crippen LogP contribution >= 0.6 is 0 Å². The number of hydrogen-bond acceptors (Lipinski definition) is 6. The molecule has 1 aromatic heterocycles. The molecule has 1 saturated heterocycles. The molecule has 3 amide bonds. The van der Waals surface area contributed by atoms with Crippen molar-refractivity contribution in [2.45, 2.75) is 37.5 Å². The van der Waals surface area contributed by atoms with Crippen molar-refractivity contribution >= 4 is 28.6 Å². The Morgan fingerprint density at radius 3 is 2.78 bits per heavy atom. The summed E-state index contributed by atoms with van der Waals surface area (Å²) in [7, 11) is 1.55. The van der Waals surface area contributed by atoms with E-state index in [0.717, 1.165) is 16.5 Å². The van der Waals surface area contributed by atoms with Crippen LogP contribution in [0.25, 0.3) is 10.9 Å². The summed E-state index contributed by atoms with van der Waals surface area (Å²) in [5.41, 5.74) is 1.90. The van der Waals surface area contributed by atoms with E-state index in [-0.39, 0.29) is 23.9 Å². The van der Waals surface area contributed by atoms with Crippen molar-refractivity contribution in [1.82, 2.24) is 20.9 Å². The first-order valence-corrected chi connectivity index (χ1v) is 12.2. The number of methoxy groups -OCH3 is 1. The van der Waals surface area contributed by atoms with Gasteiger partial charge in [0.2, 0.25) is 11.8 Å². The second kappa shape index (κ2) is 10.2. The van der Waals surface area contributed by atoms with Gasteiger partial charge in [0.1, 0.15) is 35.4 Å². The molecule has 0 saturated carbocycles.